The average Bonchev–Trinajstić information content (AvgIpc) is 2.48. The lowest BCUT2D eigenvalue weighted by atomic mass is 10.0. The summed E-state index contributed by atoms with van der Waals surface area (Å²) in [6, 6.07) is 2.86. The Labute approximate surface area is 137 Å². The lowest BCUT2D eigenvalue weighted by Gasteiger charge is -2.36. The van der Waals surface area contributed by atoms with Crippen molar-refractivity contribution in [3.8, 4) is 0 Å². The molecule has 1 N–H and O–H groups in total. The quantitative estimate of drug-likeness (QED) is 0.831. The number of carboxylic acids is 1. The summed E-state index contributed by atoms with van der Waals surface area (Å²) in [7, 11) is 1.73. The van der Waals surface area contributed by atoms with Crippen LogP contribution in [0.3, 0.4) is 0 Å². The van der Waals surface area contributed by atoms with E-state index in [0.717, 1.165) is 6.07 Å². The molecule has 1 heterocycles. The van der Waals surface area contributed by atoms with E-state index in [0.29, 0.717) is 32.0 Å². The van der Waals surface area contributed by atoms with E-state index in [4.69, 9.17) is 5.11 Å². The molecule has 0 bridgehead atoms. The van der Waals surface area contributed by atoms with Gasteiger partial charge >= 0.3 is 12.1 Å². The fourth-order valence-corrected chi connectivity index (χ4v) is 3.05. The highest BCUT2D eigenvalue weighted by Crippen LogP contribution is 2.33. The predicted molar refractivity (Wildman–Crippen MR) is 80.0 cm³/mol. The SMILES string of the molecule is CN(CC(=O)O)C1CCN(Cc2ccc(F)cc2C(F)(F)F)CC1. The van der Waals surface area contributed by atoms with Crippen molar-refractivity contribution >= 4 is 5.97 Å². The number of likely N-dealkylation sites (tertiary alicyclic amines) is 1. The zero-order chi connectivity index (χ0) is 17.9. The Balaban J connectivity index is 1.98. The molecule has 1 aromatic rings. The van der Waals surface area contributed by atoms with Crippen LogP contribution in [0.4, 0.5) is 17.6 Å². The van der Waals surface area contributed by atoms with Gasteiger partial charge in [-0.15, -0.1) is 0 Å². The molecule has 0 atom stereocenters. The van der Waals surface area contributed by atoms with Gasteiger partial charge in [-0.2, -0.15) is 13.2 Å². The van der Waals surface area contributed by atoms with Gasteiger partial charge in [0.15, 0.2) is 0 Å². The number of carbonyl (C=O) groups is 1. The Morgan fingerprint density at radius 3 is 2.50 bits per heavy atom. The Morgan fingerprint density at radius 1 is 1.33 bits per heavy atom. The number of carboxylic acid groups (broad SMARTS) is 1. The van der Waals surface area contributed by atoms with Gasteiger partial charge in [-0.25, -0.2) is 4.39 Å². The zero-order valence-electron chi connectivity index (χ0n) is 13.3. The van der Waals surface area contributed by atoms with Crippen LogP contribution in [0.1, 0.15) is 24.0 Å². The van der Waals surface area contributed by atoms with Gasteiger partial charge in [0.2, 0.25) is 0 Å². The highest BCUT2D eigenvalue weighted by Gasteiger charge is 2.34. The molecular formula is C16H20F4N2O2. The molecule has 0 aromatic heterocycles. The van der Waals surface area contributed by atoms with E-state index in [1.54, 1.807) is 11.9 Å². The molecule has 1 aliphatic rings. The van der Waals surface area contributed by atoms with E-state index in [9.17, 15) is 22.4 Å². The second-order valence-corrected chi connectivity index (χ2v) is 6.12. The van der Waals surface area contributed by atoms with Crippen molar-refractivity contribution in [2.75, 3.05) is 26.7 Å². The van der Waals surface area contributed by atoms with Crippen LogP contribution in [-0.4, -0.2) is 53.6 Å². The van der Waals surface area contributed by atoms with Crippen molar-refractivity contribution in [1.82, 2.24) is 9.80 Å². The number of piperidine rings is 1. The minimum atomic E-state index is -4.59. The first-order valence-corrected chi connectivity index (χ1v) is 7.67. The average molecular weight is 348 g/mol. The second-order valence-electron chi connectivity index (χ2n) is 6.12. The molecule has 0 aliphatic carbocycles. The highest BCUT2D eigenvalue weighted by atomic mass is 19.4. The van der Waals surface area contributed by atoms with E-state index in [1.807, 2.05) is 4.90 Å². The third kappa shape index (κ3) is 4.91. The summed E-state index contributed by atoms with van der Waals surface area (Å²) in [4.78, 5) is 14.4. The molecule has 1 aliphatic heterocycles. The summed E-state index contributed by atoms with van der Waals surface area (Å²) in [6.45, 7) is 1.19. The minimum Gasteiger partial charge on any atom is -0.480 e. The molecular weight excluding hydrogens is 328 g/mol. The number of likely N-dealkylation sites (N-methyl/N-ethyl adjacent to an activating group) is 1. The predicted octanol–water partition coefficient (Wildman–Crippen LogP) is 2.83. The van der Waals surface area contributed by atoms with Gasteiger partial charge in [-0.3, -0.25) is 14.6 Å². The van der Waals surface area contributed by atoms with Crippen molar-refractivity contribution in [2.45, 2.75) is 31.6 Å². The summed E-state index contributed by atoms with van der Waals surface area (Å²) >= 11 is 0. The topological polar surface area (TPSA) is 43.8 Å². The van der Waals surface area contributed by atoms with Crippen molar-refractivity contribution in [3.05, 3.63) is 35.1 Å². The van der Waals surface area contributed by atoms with Crippen LogP contribution in [0, 0.1) is 5.82 Å². The first-order valence-electron chi connectivity index (χ1n) is 7.67. The van der Waals surface area contributed by atoms with Crippen LogP contribution in [0.5, 0.6) is 0 Å². The second kappa shape index (κ2) is 7.48. The third-order valence-corrected chi connectivity index (χ3v) is 4.34. The number of benzene rings is 1. The highest BCUT2D eigenvalue weighted by molar-refractivity contribution is 5.69. The number of nitrogens with zero attached hydrogens (tertiary/aromatic N) is 2. The van der Waals surface area contributed by atoms with E-state index >= 15 is 0 Å². The molecule has 8 heteroatoms. The monoisotopic (exact) mass is 348 g/mol. The Bertz CT molecular complexity index is 584. The summed E-state index contributed by atoms with van der Waals surface area (Å²) in [5, 5.41) is 8.80. The molecule has 0 unspecified atom stereocenters. The number of rotatable bonds is 5. The van der Waals surface area contributed by atoms with Crippen molar-refractivity contribution in [1.29, 1.82) is 0 Å². The van der Waals surface area contributed by atoms with Crippen molar-refractivity contribution < 1.29 is 27.5 Å². The number of aliphatic carboxylic acids is 1. The van der Waals surface area contributed by atoms with Gasteiger partial charge in [0, 0.05) is 12.6 Å². The van der Waals surface area contributed by atoms with E-state index < -0.39 is 23.5 Å². The van der Waals surface area contributed by atoms with Crippen LogP contribution in [0.2, 0.25) is 0 Å². The maximum atomic E-state index is 13.1. The lowest BCUT2D eigenvalue weighted by Crippen LogP contribution is -2.44. The zero-order valence-corrected chi connectivity index (χ0v) is 13.3. The van der Waals surface area contributed by atoms with Crippen LogP contribution < -0.4 is 0 Å². The Kier molecular flexibility index (Phi) is 5.82. The summed E-state index contributed by atoms with van der Waals surface area (Å²) in [5.41, 5.74) is -0.881. The Hall–Kier alpha value is -1.67. The third-order valence-electron chi connectivity index (χ3n) is 4.34. The first kappa shape index (κ1) is 18.7. The molecule has 0 amide bonds. The van der Waals surface area contributed by atoms with Crippen molar-refractivity contribution in [2.24, 2.45) is 0 Å². The fourth-order valence-electron chi connectivity index (χ4n) is 3.05. The van der Waals surface area contributed by atoms with Gasteiger partial charge in [-0.05, 0) is 50.7 Å². The molecule has 2 rings (SSSR count). The largest absolute Gasteiger partial charge is 0.480 e. The smallest absolute Gasteiger partial charge is 0.416 e. The van der Waals surface area contributed by atoms with Gasteiger partial charge in [0.05, 0.1) is 12.1 Å². The van der Waals surface area contributed by atoms with Crippen LogP contribution >= 0.6 is 0 Å². The standard InChI is InChI=1S/C16H20F4N2O2/c1-21(10-15(23)24)13-4-6-22(7-5-13)9-11-2-3-12(17)8-14(11)16(18,19)20/h2-3,8,13H,4-7,9-10H2,1H3,(H,23,24). The molecule has 1 saturated heterocycles. The van der Waals surface area contributed by atoms with Crippen LogP contribution in [-0.2, 0) is 17.5 Å². The van der Waals surface area contributed by atoms with E-state index in [-0.39, 0.29) is 24.7 Å². The maximum Gasteiger partial charge on any atom is 0.416 e. The van der Waals surface area contributed by atoms with E-state index in [1.165, 1.54) is 6.07 Å². The number of alkyl halides is 3. The Morgan fingerprint density at radius 2 is 1.96 bits per heavy atom. The first-order chi connectivity index (χ1) is 11.2. The number of hydrogen-bond donors (Lipinski definition) is 1. The maximum absolute atomic E-state index is 13.1. The summed E-state index contributed by atoms with van der Waals surface area (Å²) in [5.74, 6) is -1.80. The van der Waals surface area contributed by atoms with Gasteiger partial charge in [0.25, 0.3) is 0 Å². The van der Waals surface area contributed by atoms with Gasteiger partial charge < -0.3 is 5.11 Å². The van der Waals surface area contributed by atoms with Gasteiger partial charge in [0.1, 0.15) is 5.82 Å². The summed E-state index contributed by atoms with van der Waals surface area (Å²) in [6.07, 6.45) is -3.21. The molecule has 1 fully saturated rings. The fraction of sp³-hybridized carbons (Fsp3) is 0.562. The summed E-state index contributed by atoms with van der Waals surface area (Å²) < 4.78 is 52.2. The van der Waals surface area contributed by atoms with Crippen molar-refractivity contribution in [3.63, 3.8) is 0 Å². The lowest BCUT2D eigenvalue weighted by molar-refractivity contribution is -0.139. The van der Waals surface area contributed by atoms with Crippen LogP contribution in [0.25, 0.3) is 0 Å². The molecule has 134 valence electrons. The molecule has 1 aromatic carbocycles. The normalized spacial score (nSPS) is 17.4. The van der Waals surface area contributed by atoms with Gasteiger partial charge in [-0.1, -0.05) is 6.07 Å². The molecule has 0 saturated carbocycles. The molecule has 0 spiro atoms. The minimum absolute atomic E-state index is 0.0547. The number of hydrogen-bond acceptors (Lipinski definition) is 3. The van der Waals surface area contributed by atoms with Crippen LogP contribution in [0.15, 0.2) is 18.2 Å². The molecule has 0 radical (unpaired) electrons. The molecule has 4 nitrogen and oxygen atoms in total. The molecule has 24 heavy (non-hydrogen) atoms. The number of halogens is 4. The van der Waals surface area contributed by atoms with E-state index in [2.05, 4.69) is 0 Å².